The molecule has 0 aliphatic rings. The first kappa shape index (κ1) is 9.80. The van der Waals surface area contributed by atoms with E-state index in [1.54, 1.807) is 13.2 Å². The number of hydrogen-bond acceptors (Lipinski definition) is 3. The monoisotopic (exact) mass is 182 g/mol. The molecule has 13 heavy (non-hydrogen) atoms. The third-order valence-corrected chi connectivity index (χ3v) is 1.61. The van der Waals surface area contributed by atoms with Gasteiger partial charge < -0.3 is 15.0 Å². The molecule has 72 valence electrons. The summed E-state index contributed by atoms with van der Waals surface area (Å²) in [6.45, 7) is 1.53. The van der Waals surface area contributed by atoms with Crippen LogP contribution in [0.3, 0.4) is 0 Å². The Balaban J connectivity index is 2.33. The number of anilines is 1. The number of H-pyrrole nitrogens is 1. The highest BCUT2D eigenvalue weighted by Gasteiger charge is 1.90. The molecular formula is C9H14N2O2. The zero-order chi connectivity index (χ0) is 9.52. The Labute approximate surface area is 76.9 Å². The first-order valence-electron chi connectivity index (χ1n) is 4.25. The van der Waals surface area contributed by atoms with Gasteiger partial charge in [0.05, 0.1) is 0 Å². The molecule has 0 amide bonds. The molecule has 4 heteroatoms. The van der Waals surface area contributed by atoms with E-state index in [9.17, 15) is 4.79 Å². The SMILES string of the molecule is COCCCNc1cccc(=O)[nH]1. The van der Waals surface area contributed by atoms with Crippen LogP contribution < -0.4 is 10.9 Å². The molecule has 1 aromatic rings. The van der Waals surface area contributed by atoms with Crippen molar-refractivity contribution in [1.29, 1.82) is 0 Å². The molecule has 0 unspecified atom stereocenters. The van der Waals surface area contributed by atoms with Crippen LogP contribution >= 0.6 is 0 Å². The standard InChI is InChI=1S/C9H14N2O2/c1-13-7-3-6-10-8-4-2-5-9(12)11-8/h2,4-5H,3,6-7H2,1H3,(H2,10,11,12). The van der Waals surface area contributed by atoms with E-state index in [1.165, 1.54) is 6.07 Å². The van der Waals surface area contributed by atoms with E-state index >= 15 is 0 Å². The zero-order valence-electron chi connectivity index (χ0n) is 7.67. The Morgan fingerprint density at radius 3 is 3.08 bits per heavy atom. The Morgan fingerprint density at radius 1 is 1.54 bits per heavy atom. The summed E-state index contributed by atoms with van der Waals surface area (Å²) < 4.78 is 4.89. The van der Waals surface area contributed by atoms with Crippen LogP contribution in [-0.4, -0.2) is 25.2 Å². The lowest BCUT2D eigenvalue weighted by Gasteiger charge is -2.04. The van der Waals surface area contributed by atoms with Gasteiger partial charge in [-0.1, -0.05) is 6.07 Å². The molecule has 0 aliphatic carbocycles. The average molecular weight is 182 g/mol. The van der Waals surface area contributed by atoms with Gasteiger partial charge in [0, 0.05) is 26.3 Å². The van der Waals surface area contributed by atoms with Crippen LogP contribution in [0.5, 0.6) is 0 Å². The molecule has 0 fully saturated rings. The van der Waals surface area contributed by atoms with Gasteiger partial charge >= 0.3 is 0 Å². The Bertz CT molecular complexity index is 296. The molecule has 0 aromatic carbocycles. The number of nitrogens with one attached hydrogen (secondary N) is 2. The van der Waals surface area contributed by atoms with Crippen LogP contribution in [-0.2, 0) is 4.74 Å². The van der Waals surface area contributed by atoms with Gasteiger partial charge in [-0.25, -0.2) is 0 Å². The first-order chi connectivity index (χ1) is 6.33. The highest BCUT2D eigenvalue weighted by atomic mass is 16.5. The van der Waals surface area contributed by atoms with Gasteiger partial charge in [0.1, 0.15) is 5.82 Å². The third kappa shape index (κ3) is 3.75. The molecule has 0 radical (unpaired) electrons. The fourth-order valence-corrected chi connectivity index (χ4v) is 0.990. The van der Waals surface area contributed by atoms with Crippen LogP contribution in [0.25, 0.3) is 0 Å². The summed E-state index contributed by atoms with van der Waals surface area (Å²) in [6.07, 6.45) is 0.924. The Kier molecular flexibility index (Phi) is 4.05. The minimum absolute atomic E-state index is 0.0864. The second-order valence-corrected chi connectivity index (χ2v) is 2.70. The van der Waals surface area contributed by atoms with Crippen molar-refractivity contribution in [2.45, 2.75) is 6.42 Å². The maximum absolute atomic E-state index is 10.9. The van der Waals surface area contributed by atoms with E-state index in [2.05, 4.69) is 10.3 Å². The molecule has 0 atom stereocenters. The van der Waals surface area contributed by atoms with E-state index in [4.69, 9.17) is 4.74 Å². The lowest BCUT2D eigenvalue weighted by atomic mass is 10.4. The van der Waals surface area contributed by atoms with Gasteiger partial charge in [0.25, 0.3) is 0 Å². The highest BCUT2D eigenvalue weighted by Crippen LogP contribution is 1.96. The highest BCUT2D eigenvalue weighted by molar-refractivity contribution is 5.32. The van der Waals surface area contributed by atoms with Gasteiger partial charge in [-0.15, -0.1) is 0 Å². The molecular weight excluding hydrogens is 168 g/mol. The van der Waals surface area contributed by atoms with Crippen molar-refractivity contribution in [3.63, 3.8) is 0 Å². The van der Waals surface area contributed by atoms with Gasteiger partial charge in [-0.05, 0) is 12.5 Å². The largest absolute Gasteiger partial charge is 0.385 e. The molecule has 1 heterocycles. The summed E-state index contributed by atoms with van der Waals surface area (Å²) in [5.41, 5.74) is -0.0864. The van der Waals surface area contributed by atoms with Crippen molar-refractivity contribution in [3.05, 3.63) is 28.6 Å². The number of rotatable bonds is 5. The zero-order valence-corrected chi connectivity index (χ0v) is 7.67. The van der Waals surface area contributed by atoms with Crippen LogP contribution in [0.15, 0.2) is 23.0 Å². The quantitative estimate of drug-likeness (QED) is 0.663. The maximum atomic E-state index is 10.9. The fraction of sp³-hybridized carbons (Fsp3) is 0.444. The summed E-state index contributed by atoms with van der Waals surface area (Å²) in [5.74, 6) is 0.753. The molecule has 4 nitrogen and oxygen atoms in total. The van der Waals surface area contributed by atoms with Gasteiger partial charge in [-0.3, -0.25) is 4.79 Å². The molecule has 0 saturated carbocycles. The summed E-state index contributed by atoms with van der Waals surface area (Å²) in [4.78, 5) is 13.5. The van der Waals surface area contributed by atoms with E-state index in [-0.39, 0.29) is 5.56 Å². The normalized spacial score (nSPS) is 9.92. The van der Waals surface area contributed by atoms with E-state index < -0.39 is 0 Å². The molecule has 1 aromatic heterocycles. The molecule has 0 aliphatic heterocycles. The van der Waals surface area contributed by atoms with Crippen molar-refractivity contribution in [1.82, 2.24) is 4.98 Å². The minimum Gasteiger partial charge on any atom is -0.385 e. The third-order valence-electron chi connectivity index (χ3n) is 1.61. The van der Waals surface area contributed by atoms with Crippen LogP contribution in [0.4, 0.5) is 5.82 Å². The smallest absolute Gasteiger partial charge is 0.249 e. The van der Waals surface area contributed by atoms with Gasteiger partial charge in [-0.2, -0.15) is 0 Å². The molecule has 0 saturated heterocycles. The number of ether oxygens (including phenoxy) is 1. The number of pyridine rings is 1. The first-order valence-corrected chi connectivity index (χ1v) is 4.25. The van der Waals surface area contributed by atoms with Gasteiger partial charge in [0.2, 0.25) is 5.56 Å². The van der Waals surface area contributed by atoms with Crippen LogP contribution in [0, 0.1) is 0 Å². The predicted molar refractivity (Wildman–Crippen MR) is 52.0 cm³/mol. The second-order valence-electron chi connectivity index (χ2n) is 2.70. The summed E-state index contributed by atoms with van der Waals surface area (Å²) >= 11 is 0. The van der Waals surface area contributed by atoms with Crippen molar-refractivity contribution >= 4 is 5.82 Å². The van der Waals surface area contributed by atoms with Crippen molar-refractivity contribution in [3.8, 4) is 0 Å². The summed E-state index contributed by atoms with van der Waals surface area (Å²) in [6, 6.07) is 5.03. The number of aromatic nitrogens is 1. The van der Waals surface area contributed by atoms with Gasteiger partial charge in [0.15, 0.2) is 0 Å². The van der Waals surface area contributed by atoms with Crippen LogP contribution in [0.1, 0.15) is 6.42 Å². The Hall–Kier alpha value is -1.29. The van der Waals surface area contributed by atoms with Crippen molar-refractivity contribution < 1.29 is 4.74 Å². The number of aromatic amines is 1. The summed E-state index contributed by atoms with van der Waals surface area (Å²) in [7, 11) is 1.67. The minimum atomic E-state index is -0.0864. The van der Waals surface area contributed by atoms with Crippen molar-refractivity contribution in [2.24, 2.45) is 0 Å². The second kappa shape index (κ2) is 5.37. The maximum Gasteiger partial charge on any atom is 0.249 e. The molecule has 0 spiro atoms. The number of methoxy groups -OCH3 is 1. The lowest BCUT2D eigenvalue weighted by molar-refractivity contribution is 0.198. The molecule has 1 rings (SSSR count). The lowest BCUT2D eigenvalue weighted by Crippen LogP contribution is -2.10. The summed E-state index contributed by atoms with van der Waals surface area (Å²) in [5, 5.41) is 3.08. The predicted octanol–water partition coefficient (Wildman–Crippen LogP) is 0.823. The topological polar surface area (TPSA) is 54.1 Å². The van der Waals surface area contributed by atoms with E-state index in [1.807, 2.05) is 6.07 Å². The number of hydrogen-bond donors (Lipinski definition) is 2. The average Bonchev–Trinajstić information content (AvgIpc) is 2.13. The van der Waals surface area contributed by atoms with E-state index in [0.717, 1.165) is 25.4 Å². The fourth-order valence-electron chi connectivity index (χ4n) is 0.990. The molecule has 2 N–H and O–H groups in total. The van der Waals surface area contributed by atoms with Crippen molar-refractivity contribution in [2.75, 3.05) is 25.6 Å². The Morgan fingerprint density at radius 2 is 2.38 bits per heavy atom. The molecule has 0 bridgehead atoms. The van der Waals surface area contributed by atoms with Crippen LogP contribution in [0.2, 0.25) is 0 Å². The van der Waals surface area contributed by atoms with E-state index in [0.29, 0.717) is 0 Å².